The average Bonchev–Trinajstić information content (AvgIpc) is 2.56. The van der Waals surface area contributed by atoms with E-state index in [4.69, 9.17) is 4.74 Å². The summed E-state index contributed by atoms with van der Waals surface area (Å²) < 4.78 is 37.5. The van der Waals surface area contributed by atoms with Crippen LogP contribution in [0.3, 0.4) is 0 Å². The number of rotatable bonds is 6. The van der Waals surface area contributed by atoms with E-state index in [9.17, 15) is 18.4 Å². The van der Waals surface area contributed by atoms with Gasteiger partial charge in [0.1, 0.15) is 24.1 Å². The Hall–Kier alpha value is -3.03. The van der Waals surface area contributed by atoms with Gasteiger partial charge in [0, 0.05) is 24.3 Å². The number of methoxy groups -OCH3 is 1. The normalized spacial score (nSPS) is 10.9. The summed E-state index contributed by atoms with van der Waals surface area (Å²) in [4.78, 5) is 27.2. The summed E-state index contributed by atoms with van der Waals surface area (Å²) in [6.07, 6.45) is 2.67. The maximum atomic E-state index is 13.6. The van der Waals surface area contributed by atoms with Gasteiger partial charge in [-0.2, -0.15) is 0 Å². The number of ether oxygens (including phenoxy) is 2. The molecule has 0 spiro atoms. The molecule has 0 saturated heterocycles. The fourth-order valence-electron chi connectivity index (χ4n) is 2.00. The molecule has 0 unspecified atom stereocenters. The first kappa shape index (κ1) is 18.3. The zero-order valence-electron chi connectivity index (χ0n) is 13.7. The molecule has 1 aromatic heterocycles. The minimum Gasteiger partial charge on any atom is -0.472 e. The van der Waals surface area contributed by atoms with Crippen LogP contribution in [0.25, 0.3) is 0 Å². The molecule has 2 rings (SSSR count). The van der Waals surface area contributed by atoms with Gasteiger partial charge in [-0.3, -0.25) is 9.36 Å². The number of nitrogens with zero attached hydrogens (tertiary/aromatic N) is 2. The van der Waals surface area contributed by atoms with Gasteiger partial charge in [0.05, 0.1) is 13.2 Å². The molecule has 0 radical (unpaired) electrons. The SMILES string of the molecule is COC(=O)C=CCn1c(C)nc(OCc2ccc(F)cc2F)cc1=O. The molecule has 1 heterocycles. The maximum Gasteiger partial charge on any atom is 0.330 e. The molecule has 2 aromatic rings. The van der Waals surface area contributed by atoms with Crippen LogP contribution >= 0.6 is 0 Å². The van der Waals surface area contributed by atoms with E-state index in [1.807, 2.05) is 0 Å². The van der Waals surface area contributed by atoms with Crippen molar-refractivity contribution < 1.29 is 23.0 Å². The van der Waals surface area contributed by atoms with Crippen LogP contribution in [0, 0.1) is 18.6 Å². The van der Waals surface area contributed by atoms with Gasteiger partial charge in [0.15, 0.2) is 0 Å². The van der Waals surface area contributed by atoms with Gasteiger partial charge in [0.25, 0.3) is 5.56 Å². The second-order valence-electron chi connectivity index (χ2n) is 5.04. The van der Waals surface area contributed by atoms with Crippen molar-refractivity contribution in [1.29, 1.82) is 0 Å². The number of allylic oxidation sites excluding steroid dienone is 1. The van der Waals surface area contributed by atoms with E-state index in [1.165, 1.54) is 29.9 Å². The van der Waals surface area contributed by atoms with E-state index in [2.05, 4.69) is 9.72 Å². The molecule has 0 aliphatic heterocycles. The minimum absolute atomic E-state index is 0.0272. The summed E-state index contributed by atoms with van der Waals surface area (Å²) in [5, 5.41) is 0. The van der Waals surface area contributed by atoms with Crippen molar-refractivity contribution in [3.8, 4) is 5.88 Å². The number of aromatic nitrogens is 2. The van der Waals surface area contributed by atoms with Crippen molar-refractivity contribution in [3.05, 3.63) is 69.8 Å². The predicted molar refractivity (Wildman–Crippen MR) is 85.1 cm³/mol. The fourth-order valence-corrected chi connectivity index (χ4v) is 2.00. The zero-order valence-corrected chi connectivity index (χ0v) is 13.7. The Morgan fingerprint density at radius 1 is 1.32 bits per heavy atom. The highest BCUT2D eigenvalue weighted by Gasteiger charge is 2.08. The lowest BCUT2D eigenvalue weighted by Crippen LogP contribution is -2.23. The Balaban J connectivity index is 2.09. The second-order valence-corrected chi connectivity index (χ2v) is 5.04. The largest absolute Gasteiger partial charge is 0.472 e. The van der Waals surface area contributed by atoms with Crippen LogP contribution in [0.15, 0.2) is 41.2 Å². The first-order valence-electron chi connectivity index (χ1n) is 7.30. The van der Waals surface area contributed by atoms with Crippen LogP contribution in [-0.2, 0) is 22.7 Å². The summed E-state index contributed by atoms with van der Waals surface area (Å²) in [5.74, 6) is -1.56. The molecule has 0 fully saturated rings. The molecule has 0 aliphatic rings. The molecule has 6 nitrogen and oxygen atoms in total. The molecule has 0 saturated carbocycles. The van der Waals surface area contributed by atoms with E-state index < -0.39 is 23.2 Å². The fraction of sp³-hybridized carbons (Fsp3) is 0.235. The minimum atomic E-state index is -0.738. The Bertz CT molecular complexity index is 862. The van der Waals surface area contributed by atoms with Gasteiger partial charge in [-0.15, -0.1) is 0 Å². The van der Waals surface area contributed by atoms with Crippen LogP contribution in [0.5, 0.6) is 5.88 Å². The molecular formula is C17H16F2N2O4. The topological polar surface area (TPSA) is 70.4 Å². The van der Waals surface area contributed by atoms with Crippen molar-refractivity contribution >= 4 is 5.97 Å². The Labute approximate surface area is 142 Å². The van der Waals surface area contributed by atoms with Crippen LogP contribution < -0.4 is 10.3 Å². The molecule has 25 heavy (non-hydrogen) atoms. The zero-order chi connectivity index (χ0) is 18.4. The number of esters is 1. The number of hydrogen-bond acceptors (Lipinski definition) is 5. The van der Waals surface area contributed by atoms with Crippen molar-refractivity contribution in [3.63, 3.8) is 0 Å². The second kappa shape index (κ2) is 8.18. The molecule has 8 heteroatoms. The number of carbonyl (C=O) groups is 1. The van der Waals surface area contributed by atoms with E-state index >= 15 is 0 Å². The molecule has 0 bridgehead atoms. The lowest BCUT2D eigenvalue weighted by Gasteiger charge is -2.10. The smallest absolute Gasteiger partial charge is 0.330 e. The van der Waals surface area contributed by atoms with Gasteiger partial charge in [-0.05, 0) is 19.1 Å². The van der Waals surface area contributed by atoms with Crippen LogP contribution in [0.2, 0.25) is 0 Å². The van der Waals surface area contributed by atoms with Gasteiger partial charge in [0.2, 0.25) is 5.88 Å². The first-order valence-corrected chi connectivity index (χ1v) is 7.30. The summed E-state index contributed by atoms with van der Waals surface area (Å²) in [6, 6.07) is 4.28. The van der Waals surface area contributed by atoms with Crippen molar-refractivity contribution in [1.82, 2.24) is 9.55 Å². The van der Waals surface area contributed by atoms with Gasteiger partial charge >= 0.3 is 5.97 Å². The van der Waals surface area contributed by atoms with E-state index in [0.29, 0.717) is 5.82 Å². The molecule has 1 aromatic carbocycles. The van der Waals surface area contributed by atoms with Crippen LogP contribution in [0.1, 0.15) is 11.4 Å². The summed E-state index contributed by atoms with van der Waals surface area (Å²) >= 11 is 0. The van der Waals surface area contributed by atoms with Crippen molar-refractivity contribution in [2.75, 3.05) is 7.11 Å². The lowest BCUT2D eigenvalue weighted by atomic mass is 10.2. The number of halogens is 2. The van der Waals surface area contributed by atoms with Crippen molar-refractivity contribution in [2.24, 2.45) is 0 Å². The van der Waals surface area contributed by atoms with Crippen LogP contribution in [0.4, 0.5) is 8.78 Å². The van der Waals surface area contributed by atoms with E-state index in [1.54, 1.807) is 6.92 Å². The van der Waals surface area contributed by atoms with E-state index in [0.717, 1.165) is 18.2 Å². The third-order valence-corrected chi connectivity index (χ3v) is 3.31. The number of hydrogen-bond donors (Lipinski definition) is 0. The highest BCUT2D eigenvalue weighted by molar-refractivity contribution is 5.81. The van der Waals surface area contributed by atoms with Crippen molar-refractivity contribution in [2.45, 2.75) is 20.1 Å². The van der Waals surface area contributed by atoms with Gasteiger partial charge in [-0.1, -0.05) is 6.08 Å². The summed E-state index contributed by atoms with van der Waals surface area (Å²) in [6.45, 7) is 1.54. The third-order valence-electron chi connectivity index (χ3n) is 3.31. The molecule has 132 valence electrons. The van der Waals surface area contributed by atoms with E-state index in [-0.39, 0.29) is 24.6 Å². The van der Waals surface area contributed by atoms with Gasteiger partial charge in [-0.25, -0.2) is 18.6 Å². The summed E-state index contributed by atoms with van der Waals surface area (Å²) in [5.41, 5.74) is -0.248. The average molecular weight is 350 g/mol. The molecule has 0 N–H and O–H groups in total. The Morgan fingerprint density at radius 3 is 2.72 bits per heavy atom. The third kappa shape index (κ3) is 4.97. The number of aryl methyl sites for hydroxylation is 1. The molecule has 0 amide bonds. The number of benzene rings is 1. The Morgan fingerprint density at radius 2 is 2.08 bits per heavy atom. The standard InChI is InChI=1S/C17H16F2N2O4/c1-11-20-15(25-10-12-5-6-13(18)8-14(12)19)9-16(22)21(11)7-3-4-17(23)24-2/h3-6,8-9H,7,10H2,1-2H3. The number of carbonyl (C=O) groups excluding carboxylic acids is 1. The van der Waals surface area contributed by atoms with Crippen LogP contribution in [-0.4, -0.2) is 22.6 Å². The highest BCUT2D eigenvalue weighted by atomic mass is 19.1. The van der Waals surface area contributed by atoms with Gasteiger partial charge < -0.3 is 9.47 Å². The Kier molecular flexibility index (Phi) is 5.99. The lowest BCUT2D eigenvalue weighted by molar-refractivity contribution is -0.134. The summed E-state index contributed by atoms with van der Waals surface area (Å²) in [7, 11) is 1.25. The quantitative estimate of drug-likeness (QED) is 0.590. The maximum absolute atomic E-state index is 13.6. The molecular weight excluding hydrogens is 334 g/mol. The predicted octanol–water partition coefficient (Wildman–Crippen LogP) is 2.14. The molecule has 0 aliphatic carbocycles. The molecule has 0 atom stereocenters. The monoisotopic (exact) mass is 350 g/mol. The first-order chi connectivity index (χ1) is 11.9. The highest BCUT2D eigenvalue weighted by Crippen LogP contribution is 2.13.